The van der Waals surface area contributed by atoms with Crippen LogP contribution in [0.25, 0.3) is 5.69 Å². The van der Waals surface area contributed by atoms with Gasteiger partial charge in [-0.05, 0) is 62.1 Å². The molecule has 1 aromatic heterocycles. The van der Waals surface area contributed by atoms with Crippen LogP contribution >= 0.6 is 0 Å². The number of carbonyl (C=O) groups is 2. The number of benzene rings is 2. The Bertz CT molecular complexity index is 1140. The van der Waals surface area contributed by atoms with E-state index < -0.39 is 17.6 Å². The topological polar surface area (TPSA) is 87.8 Å². The van der Waals surface area contributed by atoms with Gasteiger partial charge in [-0.2, -0.15) is 10.4 Å². The second-order valence-corrected chi connectivity index (χ2v) is 7.31. The average Bonchev–Trinajstić information content (AvgIpc) is 3.12. The summed E-state index contributed by atoms with van der Waals surface area (Å²) in [7, 11) is 0. The molecule has 0 aliphatic rings. The molecule has 2 aromatic carbocycles. The fourth-order valence-corrected chi connectivity index (χ4v) is 3.27. The number of anilines is 1. The Balaban J connectivity index is 1.85. The normalized spacial score (nSPS) is 11.6. The summed E-state index contributed by atoms with van der Waals surface area (Å²) < 4.78 is 1.67. The van der Waals surface area contributed by atoms with Crippen LogP contribution in [0, 0.1) is 38.0 Å². The van der Waals surface area contributed by atoms with E-state index in [1.165, 1.54) is 6.20 Å². The van der Waals surface area contributed by atoms with Crippen molar-refractivity contribution in [2.45, 2.75) is 34.1 Å². The van der Waals surface area contributed by atoms with E-state index in [0.29, 0.717) is 11.4 Å². The van der Waals surface area contributed by atoms with E-state index in [0.717, 1.165) is 28.8 Å². The molecule has 30 heavy (non-hydrogen) atoms. The maximum Gasteiger partial charge on any atom is 0.249 e. The Hall–Kier alpha value is -3.72. The summed E-state index contributed by atoms with van der Waals surface area (Å²) in [6.07, 6.45) is 2.31. The van der Waals surface area contributed by atoms with Crippen molar-refractivity contribution >= 4 is 17.4 Å². The van der Waals surface area contributed by atoms with Crippen molar-refractivity contribution in [2.24, 2.45) is 5.92 Å². The predicted octanol–water partition coefficient (Wildman–Crippen LogP) is 4.32. The van der Waals surface area contributed by atoms with Crippen molar-refractivity contribution in [1.29, 1.82) is 5.26 Å². The number of nitriles is 1. The van der Waals surface area contributed by atoms with Gasteiger partial charge in [-0.1, -0.05) is 31.2 Å². The Labute approximate surface area is 176 Å². The van der Waals surface area contributed by atoms with Gasteiger partial charge in [-0.15, -0.1) is 0 Å². The number of hydrogen-bond acceptors (Lipinski definition) is 4. The van der Waals surface area contributed by atoms with E-state index in [2.05, 4.69) is 10.4 Å². The molecule has 6 heteroatoms. The highest BCUT2D eigenvalue weighted by molar-refractivity contribution is 6.15. The van der Waals surface area contributed by atoms with Crippen molar-refractivity contribution < 1.29 is 9.59 Å². The highest BCUT2D eigenvalue weighted by Crippen LogP contribution is 2.22. The smallest absolute Gasteiger partial charge is 0.249 e. The lowest BCUT2D eigenvalue weighted by Gasteiger charge is -2.11. The molecule has 0 bridgehead atoms. The molecule has 0 saturated carbocycles. The lowest BCUT2D eigenvalue weighted by atomic mass is 9.98. The highest BCUT2D eigenvalue weighted by atomic mass is 16.2. The fourth-order valence-electron chi connectivity index (χ4n) is 3.27. The third-order valence-corrected chi connectivity index (χ3v) is 5.15. The molecule has 1 unspecified atom stereocenters. The lowest BCUT2D eigenvalue weighted by molar-refractivity contribution is -0.117. The van der Waals surface area contributed by atoms with Gasteiger partial charge < -0.3 is 5.32 Å². The molecule has 0 radical (unpaired) electrons. The summed E-state index contributed by atoms with van der Waals surface area (Å²) in [6.45, 7) is 7.75. The first-order valence-electron chi connectivity index (χ1n) is 9.81. The Morgan fingerprint density at radius 1 is 1.13 bits per heavy atom. The van der Waals surface area contributed by atoms with Crippen LogP contribution in [0.4, 0.5) is 5.69 Å². The minimum atomic E-state index is -1.45. The first-order valence-corrected chi connectivity index (χ1v) is 9.81. The fraction of sp³-hybridized carbons (Fsp3) is 0.250. The minimum absolute atomic E-state index is 0.263. The van der Waals surface area contributed by atoms with Crippen molar-refractivity contribution in [2.75, 3.05) is 5.32 Å². The molecule has 0 aliphatic heterocycles. The Kier molecular flexibility index (Phi) is 6.12. The van der Waals surface area contributed by atoms with Crippen LogP contribution in [-0.4, -0.2) is 21.5 Å². The summed E-state index contributed by atoms with van der Waals surface area (Å²) in [5.41, 5.74) is 5.48. The third kappa shape index (κ3) is 4.15. The molecule has 1 amide bonds. The molecular weight excluding hydrogens is 376 g/mol. The Morgan fingerprint density at radius 2 is 1.83 bits per heavy atom. The lowest BCUT2D eigenvalue weighted by Crippen LogP contribution is -2.29. The van der Waals surface area contributed by atoms with E-state index in [1.807, 2.05) is 57.2 Å². The van der Waals surface area contributed by atoms with E-state index in [1.54, 1.807) is 23.7 Å². The van der Waals surface area contributed by atoms with Crippen molar-refractivity contribution in [3.63, 3.8) is 0 Å². The van der Waals surface area contributed by atoms with Gasteiger partial charge in [0.25, 0.3) is 0 Å². The van der Waals surface area contributed by atoms with Crippen LogP contribution < -0.4 is 5.32 Å². The highest BCUT2D eigenvalue weighted by Gasteiger charge is 2.30. The quantitative estimate of drug-likeness (QED) is 0.493. The van der Waals surface area contributed by atoms with Crippen LogP contribution in [0.1, 0.15) is 39.7 Å². The number of nitrogens with one attached hydrogen (secondary N) is 1. The van der Waals surface area contributed by atoms with Gasteiger partial charge in [0, 0.05) is 5.69 Å². The predicted molar refractivity (Wildman–Crippen MR) is 116 cm³/mol. The van der Waals surface area contributed by atoms with Crippen LogP contribution in [0.15, 0.2) is 48.7 Å². The average molecular weight is 400 g/mol. The number of Topliss-reactive ketones (excluding diaryl/α,β-unsaturated/α-hetero) is 1. The number of hydrogen-bond donors (Lipinski definition) is 1. The van der Waals surface area contributed by atoms with Gasteiger partial charge in [-0.25, -0.2) is 4.68 Å². The van der Waals surface area contributed by atoms with Gasteiger partial charge in [0.1, 0.15) is 0 Å². The maximum atomic E-state index is 13.0. The molecule has 0 fully saturated rings. The van der Waals surface area contributed by atoms with Gasteiger partial charge in [0.2, 0.25) is 5.91 Å². The molecule has 1 N–H and O–H groups in total. The number of carbonyl (C=O) groups excluding carboxylic acids is 2. The number of amides is 1. The summed E-state index contributed by atoms with van der Waals surface area (Å²) >= 11 is 0. The van der Waals surface area contributed by atoms with E-state index in [-0.39, 0.29) is 5.56 Å². The number of nitrogens with zero attached hydrogens (tertiary/aromatic N) is 3. The van der Waals surface area contributed by atoms with Gasteiger partial charge in [0.05, 0.1) is 29.2 Å². The maximum absolute atomic E-state index is 13.0. The molecule has 0 aliphatic carbocycles. The van der Waals surface area contributed by atoms with E-state index in [9.17, 15) is 14.9 Å². The van der Waals surface area contributed by atoms with Crippen molar-refractivity contribution in [3.05, 3.63) is 76.6 Å². The van der Waals surface area contributed by atoms with E-state index >= 15 is 0 Å². The standard InChI is InChI=1S/C24H24N4O2/c1-5-18-8-10-19(11-9-18)27-24(30)20(13-25)23(29)21-14-26-28(17(21)4)22-12-15(2)6-7-16(22)3/h6-12,14,20H,5H2,1-4H3,(H,27,30). The monoisotopic (exact) mass is 400 g/mol. The van der Waals surface area contributed by atoms with Crippen LogP contribution in [0.2, 0.25) is 0 Å². The van der Waals surface area contributed by atoms with Crippen LogP contribution in [0.5, 0.6) is 0 Å². The molecular formula is C24H24N4O2. The van der Waals surface area contributed by atoms with Gasteiger partial charge in [-0.3, -0.25) is 9.59 Å². The van der Waals surface area contributed by atoms with Gasteiger partial charge >= 0.3 is 0 Å². The zero-order chi connectivity index (χ0) is 21.8. The number of aryl methyl sites for hydroxylation is 3. The second kappa shape index (κ2) is 8.75. The van der Waals surface area contributed by atoms with Crippen LogP contribution in [-0.2, 0) is 11.2 Å². The second-order valence-electron chi connectivity index (χ2n) is 7.31. The molecule has 0 spiro atoms. The third-order valence-electron chi connectivity index (χ3n) is 5.15. The van der Waals surface area contributed by atoms with Crippen LogP contribution in [0.3, 0.4) is 0 Å². The number of rotatable bonds is 6. The first kappa shape index (κ1) is 21.0. The Morgan fingerprint density at radius 3 is 2.47 bits per heavy atom. The molecule has 0 saturated heterocycles. The zero-order valence-electron chi connectivity index (χ0n) is 17.6. The SMILES string of the molecule is CCc1ccc(NC(=O)C(C#N)C(=O)c2cnn(-c3cc(C)ccc3C)c2C)cc1. The molecule has 152 valence electrons. The largest absolute Gasteiger partial charge is 0.325 e. The summed E-state index contributed by atoms with van der Waals surface area (Å²) in [5, 5.41) is 16.5. The summed E-state index contributed by atoms with van der Waals surface area (Å²) in [5.74, 6) is -2.66. The van der Waals surface area contributed by atoms with Gasteiger partial charge in [0.15, 0.2) is 11.7 Å². The number of aromatic nitrogens is 2. The minimum Gasteiger partial charge on any atom is -0.325 e. The van der Waals surface area contributed by atoms with Crippen molar-refractivity contribution in [3.8, 4) is 11.8 Å². The molecule has 6 nitrogen and oxygen atoms in total. The number of ketones is 1. The van der Waals surface area contributed by atoms with Crippen molar-refractivity contribution in [1.82, 2.24) is 9.78 Å². The molecule has 3 aromatic rings. The summed E-state index contributed by atoms with van der Waals surface area (Å²) in [4.78, 5) is 25.6. The first-order chi connectivity index (χ1) is 14.3. The van der Waals surface area contributed by atoms with E-state index in [4.69, 9.17) is 0 Å². The summed E-state index contributed by atoms with van der Waals surface area (Å²) in [6, 6.07) is 15.1. The molecule has 1 heterocycles. The molecule has 3 rings (SSSR count). The molecule has 1 atom stereocenters. The zero-order valence-corrected chi connectivity index (χ0v) is 17.6.